The van der Waals surface area contributed by atoms with Gasteiger partial charge in [-0.05, 0) is 62.7 Å². The lowest BCUT2D eigenvalue weighted by Crippen LogP contribution is -2.38. The largest absolute Gasteiger partial charge is 0.319 e. The molecule has 108 valence electrons. The average Bonchev–Trinajstić information content (AvgIpc) is 2.35. The number of hydrogen-bond acceptors (Lipinski definition) is 2. The molecular formula is C14H21Cl2FN2. The van der Waals surface area contributed by atoms with Gasteiger partial charge >= 0.3 is 0 Å². The van der Waals surface area contributed by atoms with Gasteiger partial charge in [0.15, 0.2) is 0 Å². The maximum Gasteiger partial charge on any atom is 0.123 e. The molecule has 0 aromatic heterocycles. The van der Waals surface area contributed by atoms with Crippen molar-refractivity contribution in [2.24, 2.45) is 5.92 Å². The van der Waals surface area contributed by atoms with E-state index in [1.807, 2.05) is 7.05 Å². The fourth-order valence-electron chi connectivity index (χ4n) is 2.66. The zero-order chi connectivity index (χ0) is 13.0. The zero-order valence-electron chi connectivity index (χ0n) is 11.2. The number of halogens is 3. The van der Waals surface area contributed by atoms with Crippen LogP contribution in [-0.4, -0.2) is 31.6 Å². The Morgan fingerprint density at radius 1 is 1.47 bits per heavy atom. The molecule has 1 N–H and O–H groups in total. The first-order valence-corrected chi connectivity index (χ1v) is 6.87. The lowest BCUT2D eigenvalue weighted by Gasteiger charge is -2.32. The molecule has 2 rings (SSSR count). The minimum atomic E-state index is -0.210. The lowest BCUT2D eigenvalue weighted by molar-refractivity contribution is 0.166. The van der Waals surface area contributed by atoms with E-state index in [1.165, 1.54) is 18.9 Å². The highest BCUT2D eigenvalue weighted by atomic mass is 35.5. The van der Waals surface area contributed by atoms with Gasteiger partial charge in [-0.1, -0.05) is 11.6 Å². The van der Waals surface area contributed by atoms with Crippen molar-refractivity contribution in [3.05, 3.63) is 34.6 Å². The van der Waals surface area contributed by atoms with Crippen LogP contribution in [-0.2, 0) is 6.54 Å². The minimum Gasteiger partial charge on any atom is -0.319 e. The Labute approximate surface area is 125 Å². The van der Waals surface area contributed by atoms with Gasteiger partial charge in [0.25, 0.3) is 0 Å². The van der Waals surface area contributed by atoms with Gasteiger partial charge in [0.2, 0.25) is 0 Å². The molecule has 0 aliphatic carbocycles. The van der Waals surface area contributed by atoms with Crippen molar-refractivity contribution in [2.75, 3.05) is 26.7 Å². The molecule has 1 fully saturated rings. The minimum absolute atomic E-state index is 0. The van der Waals surface area contributed by atoms with E-state index < -0.39 is 0 Å². The van der Waals surface area contributed by atoms with Crippen LogP contribution in [0.2, 0.25) is 5.02 Å². The first kappa shape index (κ1) is 16.7. The molecule has 2 nitrogen and oxygen atoms in total. The summed E-state index contributed by atoms with van der Waals surface area (Å²) in [7, 11) is 1.99. The van der Waals surface area contributed by atoms with E-state index in [9.17, 15) is 4.39 Å². The molecule has 0 radical (unpaired) electrons. The van der Waals surface area contributed by atoms with Crippen LogP contribution in [0.1, 0.15) is 18.4 Å². The molecule has 0 amide bonds. The summed E-state index contributed by atoms with van der Waals surface area (Å²) in [5.41, 5.74) is 0.891. The topological polar surface area (TPSA) is 15.3 Å². The molecule has 1 heterocycles. The third-order valence-corrected chi connectivity index (χ3v) is 3.87. The van der Waals surface area contributed by atoms with Crippen molar-refractivity contribution in [3.63, 3.8) is 0 Å². The van der Waals surface area contributed by atoms with E-state index in [0.717, 1.165) is 31.7 Å². The molecule has 0 bridgehead atoms. The molecule has 1 aromatic rings. The average molecular weight is 307 g/mol. The van der Waals surface area contributed by atoms with Crippen molar-refractivity contribution in [1.29, 1.82) is 0 Å². The van der Waals surface area contributed by atoms with E-state index in [2.05, 4.69) is 10.2 Å². The highest BCUT2D eigenvalue weighted by molar-refractivity contribution is 6.31. The first-order chi connectivity index (χ1) is 8.69. The summed E-state index contributed by atoms with van der Waals surface area (Å²) in [5.74, 6) is 0.481. The molecule has 0 saturated carbocycles. The van der Waals surface area contributed by atoms with Gasteiger partial charge in [0.1, 0.15) is 5.82 Å². The van der Waals surface area contributed by atoms with Gasteiger partial charge in [-0.2, -0.15) is 0 Å². The van der Waals surface area contributed by atoms with E-state index in [-0.39, 0.29) is 18.2 Å². The Hall–Kier alpha value is -0.350. The zero-order valence-corrected chi connectivity index (χ0v) is 12.7. The fourth-order valence-corrected chi connectivity index (χ4v) is 2.83. The smallest absolute Gasteiger partial charge is 0.123 e. The van der Waals surface area contributed by atoms with Gasteiger partial charge in [0.05, 0.1) is 0 Å². The summed E-state index contributed by atoms with van der Waals surface area (Å²) in [4.78, 5) is 2.37. The van der Waals surface area contributed by atoms with Crippen LogP contribution in [0.15, 0.2) is 18.2 Å². The Morgan fingerprint density at radius 3 is 3.00 bits per heavy atom. The Kier molecular flexibility index (Phi) is 7.08. The van der Waals surface area contributed by atoms with Crippen molar-refractivity contribution >= 4 is 24.0 Å². The molecule has 19 heavy (non-hydrogen) atoms. The molecule has 0 spiro atoms. The predicted octanol–water partition coefficient (Wildman–Crippen LogP) is 3.33. The summed E-state index contributed by atoms with van der Waals surface area (Å²) in [6, 6.07) is 4.59. The maximum absolute atomic E-state index is 13.2. The summed E-state index contributed by atoms with van der Waals surface area (Å²) in [5, 5.41) is 3.89. The van der Waals surface area contributed by atoms with Crippen molar-refractivity contribution < 1.29 is 4.39 Å². The number of nitrogens with one attached hydrogen (secondary N) is 1. The van der Waals surface area contributed by atoms with Crippen molar-refractivity contribution in [2.45, 2.75) is 19.4 Å². The van der Waals surface area contributed by atoms with Gasteiger partial charge in [-0.3, -0.25) is 4.90 Å². The van der Waals surface area contributed by atoms with E-state index in [4.69, 9.17) is 11.6 Å². The Bertz CT molecular complexity index is 399. The highest BCUT2D eigenvalue weighted by Gasteiger charge is 2.20. The lowest BCUT2D eigenvalue weighted by atomic mass is 9.97. The number of likely N-dealkylation sites (tertiary alicyclic amines) is 1. The second-order valence-corrected chi connectivity index (χ2v) is 5.44. The SMILES string of the molecule is CNCC1CCCN(Cc2cc(F)ccc2Cl)C1.Cl. The number of hydrogen-bond donors (Lipinski definition) is 1. The van der Waals surface area contributed by atoms with Crippen LogP contribution in [0.3, 0.4) is 0 Å². The summed E-state index contributed by atoms with van der Waals surface area (Å²) in [6.45, 7) is 3.94. The third-order valence-electron chi connectivity index (χ3n) is 3.50. The van der Waals surface area contributed by atoms with Crippen LogP contribution in [0, 0.1) is 11.7 Å². The molecule has 1 unspecified atom stereocenters. The quantitative estimate of drug-likeness (QED) is 0.918. The van der Waals surface area contributed by atoms with Gasteiger partial charge in [-0.25, -0.2) is 4.39 Å². The van der Waals surface area contributed by atoms with Crippen LogP contribution in [0.5, 0.6) is 0 Å². The first-order valence-electron chi connectivity index (χ1n) is 6.50. The normalized spacial score (nSPS) is 20.1. The highest BCUT2D eigenvalue weighted by Crippen LogP contribution is 2.22. The van der Waals surface area contributed by atoms with Crippen LogP contribution in [0.25, 0.3) is 0 Å². The summed E-state index contributed by atoms with van der Waals surface area (Å²) in [6.07, 6.45) is 2.48. The van der Waals surface area contributed by atoms with E-state index in [0.29, 0.717) is 10.9 Å². The molecule has 1 saturated heterocycles. The van der Waals surface area contributed by atoms with Gasteiger partial charge < -0.3 is 5.32 Å². The summed E-state index contributed by atoms with van der Waals surface area (Å²) < 4.78 is 13.2. The molecular weight excluding hydrogens is 286 g/mol. The van der Waals surface area contributed by atoms with Gasteiger partial charge in [0, 0.05) is 18.1 Å². The number of piperidine rings is 1. The molecule has 1 atom stereocenters. The van der Waals surface area contributed by atoms with Crippen molar-refractivity contribution in [1.82, 2.24) is 10.2 Å². The van der Waals surface area contributed by atoms with E-state index >= 15 is 0 Å². The Morgan fingerprint density at radius 2 is 2.26 bits per heavy atom. The van der Waals surface area contributed by atoms with Gasteiger partial charge in [-0.15, -0.1) is 12.4 Å². The van der Waals surface area contributed by atoms with Crippen LogP contribution >= 0.6 is 24.0 Å². The monoisotopic (exact) mass is 306 g/mol. The predicted molar refractivity (Wildman–Crippen MR) is 80.6 cm³/mol. The maximum atomic E-state index is 13.2. The molecule has 1 aliphatic heterocycles. The molecule has 1 aliphatic rings. The molecule has 1 aromatic carbocycles. The third kappa shape index (κ3) is 4.92. The van der Waals surface area contributed by atoms with E-state index in [1.54, 1.807) is 12.1 Å². The second-order valence-electron chi connectivity index (χ2n) is 5.04. The standard InChI is InChI=1S/C14H20ClFN2.ClH/c1-17-8-11-3-2-6-18(9-11)10-12-7-13(16)4-5-14(12)15;/h4-5,7,11,17H,2-3,6,8-10H2,1H3;1H. The number of nitrogens with zero attached hydrogens (tertiary/aromatic N) is 1. The summed E-state index contributed by atoms with van der Waals surface area (Å²) >= 11 is 6.11. The number of rotatable bonds is 4. The van der Waals surface area contributed by atoms with Crippen LogP contribution < -0.4 is 5.32 Å². The Balaban J connectivity index is 0.00000180. The van der Waals surface area contributed by atoms with Crippen molar-refractivity contribution in [3.8, 4) is 0 Å². The number of benzene rings is 1. The fraction of sp³-hybridized carbons (Fsp3) is 0.571. The van der Waals surface area contributed by atoms with Crippen LogP contribution in [0.4, 0.5) is 4.39 Å². The second kappa shape index (κ2) is 8.05. The molecule has 5 heteroatoms.